The van der Waals surface area contributed by atoms with E-state index in [-0.39, 0.29) is 0 Å². The van der Waals surface area contributed by atoms with E-state index in [1.807, 2.05) is 18.2 Å². The molecule has 3 rings (SSSR count). The largest absolute Gasteiger partial charge is 0.330 e. The van der Waals surface area contributed by atoms with Crippen molar-refractivity contribution >= 4 is 11.0 Å². The molecule has 20 heavy (non-hydrogen) atoms. The number of aromatic nitrogens is 2. The fourth-order valence-corrected chi connectivity index (χ4v) is 2.54. The molecule has 0 bridgehead atoms. The van der Waals surface area contributed by atoms with Crippen LogP contribution in [-0.4, -0.2) is 16.1 Å². The van der Waals surface area contributed by atoms with E-state index in [2.05, 4.69) is 41.8 Å². The lowest BCUT2D eigenvalue weighted by atomic mass is 10.1. The lowest BCUT2D eigenvalue weighted by Gasteiger charge is -2.09. The van der Waals surface area contributed by atoms with Crippen molar-refractivity contribution in [2.24, 2.45) is 5.73 Å². The Labute approximate surface area is 119 Å². The van der Waals surface area contributed by atoms with Crippen LogP contribution >= 0.6 is 0 Å². The summed E-state index contributed by atoms with van der Waals surface area (Å²) in [5.74, 6) is 1.03. The van der Waals surface area contributed by atoms with Gasteiger partial charge in [0, 0.05) is 12.1 Å². The molecule has 0 aliphatic rings. The van der Waals surface area contributed by atoms with Crippen LogP contribution in [0.2, 0.25) is 0 Å². The van der Waals surface area contributed by atoms with Crippen LogP contribution in [0, 0.1) is 0 Å². The highest BCUT2D eigenvalue weighted by molar-refractivity contribution is 5.78. The standard InChI is InChI=1S/C17H19N3/c1-2-13-7-9-14(10-8-13)20-16-6-4-3-5-15(16)19-17(20)11-12-18/h3-10H,2,11-12,18H2,1H3. The molecular weight excluding hydrogens is 246 g/mol. The number of aryl methyl sites for hydroxylation is 1. The number of nitrogens with zero attached hydrogens (tertiary/aromatic N) is 2. The minimum Gasteiger partial charge on any atom is -0.330 e. The van der Waals surface area contributed by atoms with Gasteiger partial charge in [-0.2, -0.15) is 0 Å². The molecule has 2 N–H and O–H groups in total. The molecule has 0 aliphatic heterocycles. The van der Waals surface area contributed by atoms with E-state index in [1.165, 1.54) is 5.56 Å². The first-order valence-electron chi connectivity index (χ1n) is 7.09. The third-order valence-electron chi connectivity index (χ3n) is 3.60. The van der Waals surface area contributed by atoms with Crippen LogP contribution in [0.4, 0.5) is 0 Å². The normalized spacial score (nSPS) is 11.1. The van der Waals surface area contributed by atoms with Gasteiger partial charge in [-0.25, -0.2) is 4.98 Å². The van der Waals surface area contributed by atoms with Crippen molar-refractivity contribution in [1.82, 2.24) is 9.55 Å². The highest BCUT2D eigenvalue weighted by Gasteiger charge is 2.11. The van der Waals surface area contributed by atoms with E-state index in [9.17, 15) is 0 Å². The van der Waals surface area contributed by atoms with Gasteiger partial charge in [-0.1, -0.05) is 31.2 Å². The molecule has 0 aliphatic carbocycles. The van der Waals surface area contributed by atoms with E-state index >= 15 is 0 Å². The SMILES string of the molecule is CCc1ccc(-n2c(CCN)nc3ccccc32)cc1. The molecule has 3 aromatic rings. The van der Waals surface area contributed by atoms with Crippen LogP contribution in [-0.2, 0) is 12.8 Å². The first kappa shape index (κ1) is 12.9. The smallest absolute Gasteiger partial charge is 0.115 e. The number of nitrogens with two attached hydrogens (primary N) is 1. The van der Waals surface area contributed by atoms with Gasteiger partial charge >= 0.3 is 0 Å². The molecule has 0 amide bonds. The number of benzene rings is 2. The zero-order chi connectivity index (χ0) is 13.9. The highest BCUT2D eigenvalue weighted by atomic mass is 15.1. The van der Waals surface area contributed by atoms with Crippen LogP contribution < -0.4 is 5.73 Å². The van der Waals surface area contributed by atoms with Crippen LogP contribution in [0.3, 0.4) is 0 Å². The van der Waals surface area contributed by atoms with Crippen LogP contribution in [0.15, 0.2) is 48.5 Å². The van der Waals surface area contributed by atoms with Gasteiger partial charge in [0.2, 0.25) is 0 Å². The first-order chi connectivity index (χ1) is 9.83. The van der Waals surface area contributed by atoms with Gasteiger partial charge in [0.25, 0.3) is 0 Å². The molecule has 1 heterocycles. The molecule has 0 atom stereocenters. The van der Waals surface area contributed by atoms with E-state index in [1.54, 1.807) is 0 Å². The minimum atomic E-state index is 0.608. The Kier molecular flexibility index (Phi) is 3.52. The molecule has 102 valence electrons. The van der Waals surface area contributed by atoms with Crippen molar-refractivity contribution in [3.63, 3.8) is 0 Å². The number of imidazole rings is 1. The Morgan fingerprint density at radius 1 is 1.05 bits per heavy atom. The lowest BCUT2D eigenvalue weighted by Crippen LogP contribution is -2.09. The molecular formula is C17H19N3. The molecule has 0 unspecified atom stereocenters. The second-order valence-electron chi connectivity index (χ2n) is 4.91. The Balaban J connectivity index is 2.18. The Morgan fingerprint density at radius 3 is 2.50 bits per heavy atom. The number of hydrogen-bond donors (Lipinski definition) is 1. The third-order valence-corrected chi connectivity index (χ3v) is 3.60. The molecule has 0 saturated carbocycles. The van der Waals surface area contributed by atoms with Crippen LogP contribution in [0.25, 0.3) is 16.7 Å². The van der Waals surface area contributed by atoms with E-state index in [0.717, 1.165) is 35.4 Å². The number of para-hydroxylation sites is 2. The number of fused-ring (bicyclic) bond motifs is 1. The van der Waals surface area contributed by atoms with Gasteiger partial charge in [0.05, 0.1) is 11.0 Å². The van der Waals surface area contributed by atoms with Crippen molar-refractivity contribution in [3.8, 4) is 5.69 Å². The summed E-state index contributed by atoms with van der Waals surface area (Å²) in [5, 5.41) is 0. The monoisotopic (exact) mass is 265 g/mol. The third kappa shape index (κ3) is 2.21. The quantitative estimate of drug-likeness (QED) is 0.787. The summed E-state index contributed by atoms with van der Waals surface area (Å²) in [6.45, 7) is 2.78. The summed E-state index contributed by atoms with van der Waals surface area (Å²) < 4.78 is 2.21. The van der Waals surface area contributed by atoms with Gasteiger partial charge in [-0.3, -0.25) is 4.57 Å². The van der Waals surface area contributed by atoms with Crippen molar-refractivity contribution < 1.29 is 0 Å². The van der Waals surface area contributed by atoms with Gasteiger partial charge in [-0.15, -0.1) is 0 Å². The number of hydrogen-bond acceptors (Lipinski definition) is 2. The van der Waals surface area contributed by atoms with Crippen LogP contribution in [0.5, 0.6) is 0 Å². The molecule has 3 nitrogen and oxygen atoms in total. The predicted octanol–water partition coefficient (Wildman–Crippen LogP) is 3.09. The van der Waals surface area contributed by atoms with Gasteiger partial charge in [0.1, 0.15) is 5.82 Å². The maximum atomic E-state index is 5.72. The molecule has 1 aromatic heterocycles. The summed E-state index contributed by atoms with van der Waals surface area (Å²) in [4.78, 5) is 4.70. The van der Waals surface area contributed by atoms with E-state index in [4.69, 9.17) is 10.7 Å². The van der Waals surface area contributed by atoms with Crippen LogP contribution in [0.1, 0.15) is 18.3 Å². The second-order valence-corrected chi connectivity index (χ2v) is 4.91. The Hall–Kier alpha value is -2.13. The van der Waals surface area contributed by atoms with Gasteiger partial charge in [0.15, 0.2) is 0 Å². The first-order valence-corrected chi connectivity index (χ1v) is 7.09. The fraction of sp³-hybridized carbons (Fsp3) is 0.235. The van der Waals surface area contributed by atoms with Crippen molar-refractivity contribution in [2.75, 3.05) is 6.54 Å². The van der Waals surface area contributed by atoms with E-state index in [0.29, 0.717) is 6.54 Å². The maximum absolute atomic E-state index is 5.72. The highest BCUT2D eigenvalue weighted by Crippen LogP contribution is 2.22. The average Bonchev–Trinajstić information content (AvgIpc) is 2.86. The predicted molar refractivity (Wildman–Crippen MR) is 83.2 cm³/mol. The summed E-state index contributed by atoms with van der Waals surface area (Å²) in [7, 11) is 0. The summed E-state index contributed by atoms with van der Waals surface area (Å²) in [5.41, 5.74) is 10.4. The lowest BCUT2D eigenvalue weighted by molar-refractivity contribution is 0.848. The molecule has 0 saturated heterocycles. The molecule has 2 aromatic carbocycles. The average molecular weight is 265 g/mol. The Morgan fingerprint density at radius 2 is 1.80 bits per heavy atom. The Bertz CT molecular complexity index is 711. The number of rotatable bonds is 4. The minimum absolute atomic E-state index is 0.608. The zero-order valence-electron chi connectivity index (χ0n) is 11.7. The van der Waals surface area contributed by atoms with Gasteiger partial charge < -0.3 is 5.73 Å². The maximum Gasteiger partial charge on any atom is 0.115 e. The molecule has 0 spiro atoms. The molecule has 0 fully saturated rings. The fourth-order valence-electron chi connectivity index (χ4n) is 2.54. The summed E-state index contributed by atoms with van der Waals surface area (Å²) in [6.07, 6.45) is 1.84. The zero-order valence-corrected chi connectivity index (χ0v) is 11.7. The van der Waals surface area contributed by atoms with Crippen molar-refractivity contribution in [2.45, 2.75) is 19.8 Å². The summed E-state index contributed by atoms with van der Waals surface area (Å²) in [6, 6.07) is 16.9. The molecule has 0 radical (unpaired) electrons. The van der Waals surface area contributed by atoms with Crippen molar-refractivity contribution in [3.05, 3.63) is 59.9 Å². The van der Waals surface area contributed by atoms with Crippen molar-refractivity contribution in [1.29, 1.82) is 0 Å². The van der Waals surface area contributed by atoms with Gasteiger partial charge in [-0.05, 0) is 42.8 Å². The topological polar surface area (TPSA) is 43.8 Å². The summed E-state index contributed by atoms with van der Waals surface area (Å²) >= 11 is 0. The second kappa shape index (κ2) is 5.47. The molecule has 3 heteroatoms. The van der Waals surface area contributed by atoms with E-state index < -0.39 is 0 Å².